The molecule has 4 N–H and O–H groups in total. The normalized spacial score (nSPS) is 21.8. The molecule has 0 unspecified atom stereocenters. The van der Waals surface area contributed by atoms with E-state index in [0.717, 1.165) is 0 Å². The van der Waals surface area contributed by atoms with Gasteiger partial charge in [-0.3, -0.25) is 10.2 Å². The predicted octanol–water partition coefficient (Wildman–Crippen LogP) is 0.956. The van der Waals surface area contributed by atoms with Gasteiger partial charge in [0.15, 0.2) is 0 Å². The topological polar surface area (TPSA) is 70.6 Å². The van der Waals surface area contributed by atoms with Crippen LogP contribution in [0.3, 0.4) is 0 Å². The molecule has 0 bridgehead atoms. The maximum absolute atomic E-state index is 8.45. The van der Waals surface area contributed by atoms with E-state index in [1.54, 1.807) is 0 Å². The SMILES string of the molecule is CSC1(CN=C(N)NO)CCCC1. The fourth-order valence-electron chi connectivity index (χ4n) is 1.71. The molecule has 0 heterocycles. The molecule has 1 rings (SSSR count). The highest BCUT2D eigenvalue weighted by molar-refractivity contribution is 8.00. The Hall–Kier alpha value is -0.420. The van der Waals surface area contributed by atoms with Gasteiger partial charge in [0.2, 0.25) is 5.96 Å². The van der Waals surface area contributed by atoms with Crippen molar-refractivity contribution in [3.05, 3.63) is 0 Å². The minimum atomic E-state index is 0.111. The summed E-state index contributed by atoms with van der Waals surface area (Å²) < 4.78 is 0.265. The molecule has 13 heavy (non-hydrogen) atoms. The first-order valence-electron chi connectivity index (χ1n) is 4.48. The lowest BCUT2D eigenvalue weighted by molar-refractivity contribution is 0.232. The third kappa shape index (κ3) is 2.77. The molecule has 1 fully saturated rings. The van der Waals surface area contributed by atoms with Crippen molar-refractivity contribution < 1.29 is 5.21 Å². The number of nitrogens with two attached hydrogens (primary N) is 1. The Labute approximate surface area is 82.9 Å². The van der Waals surface area contributed by atoms with E-state index in [1.807, 2.05) is 17.2 Å². The van der Waals surface area contributed by atoms with Crippen LogP contribution in [0.25, 0.3) is 0 Å². The van der Waals surface area contributed by atoms with Crippen LogP contribution < -0.4 is 11.2 Å². The van der Waals surface area contributed by atoms with Gasteiger partial charge in [0.1, 0.15) is 0 Å². The van der Waals surface area contributed by atoms with Crippen LogP contribution in [0.15, 0.2) is 4.99 Å². The van der Waals surface area contributed by atoms with Crippen LogP contribution in [-0.4, -0.2) is 28.7 Å². The quantitative estimate of drug-likeness (QED) is 0.363. The highest BCUT2D eigenvalue weighted by atomic mass is 32.2. The molecule has 0 aliphatic heterocycles. The molecule has 0 aromatic heterocycles. The van der Waals surface area contributed by atoms with E-state index < -0.39 is 0 Å². The van der Waals surface area contributed by atoms with E-state index in [2.05, 4.69) is 11.2 Å². The summed E-state index contributed by atoms with van der Waals surface area (Å²) in [5.41, 5.74) is 7.19. The van der Waals surface area contributed by atoms with Crippen molar-refractivity contribution >= 4 is 17.7 Å². The van der Waals surface area contributed by atoms with E-state index in [-0.39, 0.29) is 10.7 Å². The highest BCUT2D eigenvalue weighted by Gasteiger charge is 2.32. The first-order valence-corrected chi connectivity index (χ1v) is 5.70. The van der Waals surface area contributed by atoms with E-state index >= 15 is 0 Å². The summed E-state index contributed by atoms with van der Waals surface area (Å²) in [7, 11) is 0. The molecule has 1 saturated carbocycles. The zero-order valence-corrected chi connectivity index (χ0v) is 8.73. The van der Waals surface area contributed by atoms with Crippen LogP contribution in [0.2, 0.25) is 0 Å². The number of guanidine groups is 1. The lowest BCUT2D eigenvalue weighted by Crippen LogP contribution is -2.32. The van der Waals surface area contributed by atoms with Gasteiger partial charge in [-0.2, -0.15) is 11.8 Å². The fourth-order valence-corrected chi connectivity index (χ4v) is 2.60. The molecule has 0 saturated heterocycles. The summed E-state index contributed by atoms with van der Waals surface area (Å²) in [6.07, 6.45) is 7.09. The highest BCUT2D eigenvalue weighted by Crippen LogP contribution is 2.40. The minimum absolute atomic E-state index is 0.111. The largest absolute Gasteiger partial charge is 0.368 e. The van der Waals surface area contributed by atoms with Crippen molar-refractivity contribution in [2.24, 2.45) is 10.7 Å². The Balaban J connectivity index is 2.48. The average molecular weight is 203 g/mol. The average Bonchev–Trinajstić information content (AvgIpc) is 2.63. The van der Waals surface area contributed by atoms with Gasteiger partial charge in [0, 0.05) is 4.75 Å². The first kappa shape index (κ1) is 10.7. The molecule has 0 amide bonds. The Morgan fingerprint density at radius 3 is 2.69 bits per heavy atom. The van der Waals surface area contributed by atoms with Crippen molar-refractivity contribution in [1.29, 1.82) is 0 Å². The molecule has 4 nitrogen and oxygen atoms in total. The van der Waals surface area contributed by atoms with Crippen LogP contribution in [0.5, 0.6) is 0 Å². The Morgan fingerprint density at radius 1 is 1.62 bits per heavy atom. The molecule has 0 aromatic carbocycles. The van der Waals surface area contributed by atoms with Gasteiger partial charge in [-0.1, -0.05) is 12.8 Å². The molecular formula is C8H17N3OS. The van der Waals surface area contributed by atoms with Gasteiger partial charge >= 0.3 is 0 Å². The van der Waals surface area contributed by atoms with Crippen molar-refractivity contribution in [1.82, 2.24) is 5.48 Å². The lowest BCUT2D eigenvalue weighted by Gasteiger charge is -2.24. The minimum Gasteiger partial charge on any atom is -0.368 e. The van der Waals surface area contributed by atoms with Crippen LogP contribution >= 0.6 is 11.8 Å². The molecular weight excluding hydrogens is 186 g/mol. The second-order valence-corrected chi connectivity index (χ2v) is 4.68. The fraction of sp³-hybridized carbons (Fsp3) is 0.875. The van der Waals surface area contributed by atoms with Gasteiger partial charge in [-0.15, -0.1) is 0 Å². The van der Waals surface area contributed by atoms with Crippen LogP contribution in [0.1, 0.15) is 25.7 Å². The Kier molecular flexibility index (Phi) is 3.87. The summed E-state index contributed by atoms with van der Waals surface area (Å²) in [5.74, 6) is 0.111. The molecule has 0 spiro atoms. The monoisotopic (exact) mass is 203 g/mol. The van der Waals surface area contributed by atoms with Gasteiger partial charge < -0.3 is 5.73 Å². The van der Waals surface area contributed by atoms with Gasteiger partial charge in [0.25, 0.3) is 0 Å². The number of hydrogen-bond acceptors (Lipinski definition) is 3. The maximum atomic E-state index is 8.45. The third-order valence-electron chi connectivity index (χ3n) is 2.60. The maximum Gasteiger partial charge on any atom is 0.212 e. The summed E-state index contributed by atoms with van der Waals surface area (Å²) in [5, 5.41) is 8.45. The number of hydrogen-bond donors (Lipinski definition) is 3. The Morgan fingerprint density at radius 2 is 2.23 bits per heavy atom. The molecule has 1 aliphatic rings. The third-order valence-corrected chi connectivity index (χ3v) is 4.00. The number of nitrogens with one attached hydrogen (secondary N) is 1. The van der Waals surface area contributed by atoms with Crippen molar-refractivity contribution in [3.8, 4) is 0 Å². The van der Waals surface area contributed by atoms with Gasteiger partial charge in [0.05, 0.1) is 6.54 Å². The Bertz CT molecular complexity index is 190. The molecule has 5 heteroatoms. The summed E-state index contributed by atoms with van der Waals surface area (Å²) >= 11 is 1.86. The number of nitrogens with zero attached hydrogens (tertiary/aromatic N) is 1. The van der Waals surface area contributed by atoms with Gasteiger partial charge in [-0.05, 0) is 19.1 Å². The molecule has 0 radical (unpaired) electrons. The van der Waals surface area contributed by atoms with Crippen molar-refractivity contribution in [2.45, 2.75) is 30.4 Å². The smallest absolute Gasteiger partial charge is 0.212 e. The number of hydroxylamine groups is 1. The molecule has 76 valence electrons. The summed E-state index contributed by atoms with van der Waals surface area (Å²) in [4.78, 5) is 4.08. The number of aliphatic imine (C=N–C) groups is 1. The standard InChI is InChI=1S/C8H17N3OS/c1-13-8(4-2-3-5-8)6-10-7(9)11-12/h12H,2-6H2,1H3,(H3,9,10,11). The number of rotatable bonds is 3. The van der Waals surface area contributed by atoms with Crippen LogP contribution in [0.4, 0.5) is 0 Å². The van der Waals surface area contributed by atoms with Crippen LogP contribution in [0, 0.1) is 0 Å². The van der Waals surface area contributed by atoms with Crippen molar-refractivity contribution in [2.75, 3.05) is 12.8 Å². The molecule has 0 aromatic rings. The second-order valence-electron chi connectivity index (χ2n) is 3.41. The predicted molar refractivity (Wildman–Crippen MR) is 56.1 cm³/mol. The molecule has 1 aliphatic carbocycles. The van der Waals surface area contributed by atoms with E-state index in [0.29, 0.717) is 6.54 Å². The summed E-state index contributed by atoms with van der Waals surface area (Å²) in [6.45, 7) is 0.702. The van der Waals surface area contributed by atoms with Crippen LogP contribution in [-0.2, 0) is 0 Å². The second kappa shape index (κ2) is 4.72. The zero-order chi connectivity index (χ0) is 9.73. The van der Waals surface area contributed by atoms with Crippen molar-refractivity contribution in [3.63, 3.8) is 0 Å². The lowest BCUT2D eigenvalue weighted by atomic mass is 10.1. The van der Waals surface area contributed by atoms with E-state index in [9.17, 15) is 0 Å². The van der Waals surface area contributed by atoms with Gasteiger partial charge in [-0.25, -0.2) is 5.48 Å². The summed E-state index contributed by atoms with van der Waals surface area (Å²) in [6, 6.07) is 0. The first-order chi connectivity index (χ1) is 6.22. The zero-order valence-electron chi connectivity index (χ0n) is 7.92. The molecule has 0 atom stereocenters. The number of thioether (sulfide) groups is 1. The van der Waals surface area contributed by atoms with E-state index in [1.165, 1.54) is 25.7 Å². The van der Waals surface area contributed by atoms with E-state index in [4.69, 9.17) is 10.9 Å².